The van der Waals surface area contributed by atoms with E-state index in [-0.39, 0.29) is 28.8 Å². The van der Waals surface area contributed by atoms with Crippen molar-refractivity contribution in [3.8, 4) is 0 Å². The summed E-state index contributed by atoms with van der Waals surface area (Å²) in [4.78, 5) is 13.3. The summed E-state index contributed by atoms with van der Waals surface area (Å²) in [5.41, 5.74) is 3.21. The third-order valence-electron chi connectivity index (χ3n) is 12.1. The summed E-state index contributed by atoms with van der Waals surface area (Å²) < 4.78 is 13.6. The zero-order chi connectivity index (χ0) is 24.9. The third-order valence-corrected chi connectivity index (χ3v) is 12.1. The molecule has 10 atom stereocenters. The zero-order valence-corrected chi connectivity index (χ0v) is 21.8. The third kappa shape index (κ3) is 2.12. The number of ether oxygens (including phenoxy) is 2. The second-order valence-corrected chi connectivity index (χ2v) is 13.1. The Kier molecular flexibility index (Phi) is 4.12. The molecule has 1 saturated heterocycles. The molecule has 188 valence electrons. The summed E-state index contributed by atoms with van der Waals surface area (Å²) in [5, 5.41) is 23.5. The molecule has 1 spiro atoms. The molecule has 4 bridgehead atoms. The van der Waals surface area contributed by atoms with E-state index in [0.29, 0.717) is 23.8 Å². The molecule has 5 heteroatoms. The van der Waals surface area contributed by atoms with Crippen molar-refractivity contribution in [3.05, 3.63) is 45.6 Å². The smallest absolute Gasteiger partial charge is 0.335 e. The van der Waals surface area contributed by atoms with Crippen molar-refractivity contribution in [1.82, 2.24) is 0 Å². The summed E-state index contributed by atoms with van der Waals surface area (Å²) in [6.45, 7) is 13.0. The molecule has 4 aliphatic carbocycles. The highest BCUT2D eigenvalue weighted by Crippen LogP contribution is 2.74. The molecular weight excluding hydrogens is 440 g/mol. The minimum Gasteiger partial charge on any atom is -0.443 e. The summed E-state index contributed by atoms with van der Waals surface area (Å²) in [6.07, 6.45) is 7.19. The first kappa shape index (κ1) is 22.5. The van der Waals surface area contributed by atoms with Crippen LogP contribution >= 0.6 is 0 Å². The van der Waals surface area contributed by atoms with Gasteiger partial charge < -0.3 is 19.7 Å². The van der Waals surface area contributed by atoms with E-state index < -0.39 is 23.4 Å². The van der Waals surface area contributed by atoms with Crippen molar-refractivity contribution >= 4 is 5.97 Å². The predicted octanol–water partition coefficient (Wildman–Crippen LogP) is 4.55. The first-order valence-corrected chi connectivity index (χ1v) is 13.6. The number of fused-ring (bicyclic) bond motifs is 5. The number of carbonyl (C=O) groups excluding carboxylic acids is 1. The minimum absolute atomic E-state index is 0.101. The summed E-state index contributed by atoms with van der Waals surface area (Å²) >= 11 is 0. The molecule has 2 N–H and O–H groups in total. The molecule has 0 unspecified atom stereocenters. The van der Waals surface area contributed by atoms with Crippen LogP contribution in [0.25, 0.3) is 0 Å². The van der Waals surface area contributed by atoms with E-state index in [0.717, 1.165) is 48.0 Å². The Labute approximate surface area is 208 Å². The van der Waals surface area contributed by atoms with Crippen molar-refractivity contribution in [1.29, 1.82) is 0 Å². The maximum absolute atomic E-state index is 13.3. The average molecular weight is 479 g/mol. The van der Waals surface area contributed by atoms with Crippen LogP contribution in [0.4, 0.5) is 0 Å². The zero-order valence-electron chi connectivity index (χ0n) is 21.8. The fourth-order valence-corrected chi connectivity index (χ4v) is 9.65. The molecule has 0 aromatic heterocycles. The van der Waals surface area contributed by atoms with Gasteiger partial charge in [-0.15, -0.1) is 0 Å². The van der Waals surface area contributed by atoms with Crippen molar-refractivity contribution in [2.75, 3.05) is 0 Å². The Hall–Kier alpha value is -1.69. The van der Waals surface area contributed by atoms with E-state index in [1.54, 1.807) is 0 Å². The highest BCUT2D eigenvalue weighted by molar-refractivity contribution is 5.95. The highest BCUT2D eigenvalue weighted by atomic mass is 16.6. The van der Waals surface area contributed by atoms with Crippen LogP contribution in [0, 0.1) is 28.6 Å². The van der Waals surface area contributed by atoms with Gasteiger partial charge in [0, 0.05) is 28.7 Å². The molecule has 3 heterocycles. The Morgan fingerprint density at radius 1 is 1.00 bits per heavy atom. The van der Waals surface area contributed by atoms with E-state index in [1.165, 1.54) is 5.57 Å². The molecule has 0 radical (unpaired) electrons. The SMILES string of the molecule is CC1=C2[C@H]3[C@@H]4O[C@]5(CC6=CCC[C@@H](C)[C@]6(C)[C@@H](O)C5=C4C)[C@@]2(C=C2[C@@H](O)CC[C@H](C)[C@]23C)OC1=O. The van der Waals surface area contributed by atoms with Crippen LogP contribution in [0.15, 0.2) is 45.6 Å². The molecule has 3 aliphatic heterocycles. The number of esters is 1. The lowest BCUT2D eigenvalue weighted by atomic mass is 9.46. The fraction of sp³-hybridized carbons (Fsp3) is 0.700. The van der Waals surface area contributed by atoms with Crippen LogP contribution in [-0.4, -0.2) is 45.7 Å². The van der Waals surface area contributed by atoms with E-state index in [4.69, 9.17) is 9.47 Å². The molecule has 0 aromatic rings. The quantitative estimate of drug-likeness (QED) is 0.395. The molecule has 3 fully saturated rings. The van der Waals surface area contributed by atoms with Gasteiger partial charge in [-0.25, -0.2) is 4.79 Å². The van der Waals surface area contributed by atoms with Crippen LogP contribution in [0.3, 0.4) is 0 Å². The second-order valence-electron chi connectivity index (χ2n) is 13.1. The Balaban J connectivity index is 1.57. The largest absolute Gasteiger partial charge is 0.443 e. The van der Waals surface area contributed by atoms with Gasteiger partial charge in [-0.05, 0) is 79.7 Å². The number of hydrogen-bond donors (Lipinski definition) is 2. The van der Waals surface area contributed by atoms with Crippen LogP contribution in [0.5, 0.6) is 0 Å². The van der Waals surface area contributed by atoms with E-state index in [9.17, 15) is 15.0 Å². The number of hydrogen-bond acceptors (Lipinski definition) is 5. The molecule has 0 amide bonds. The molecular formula is C30H38O5. The van der Waals surface area contributed by atoms with E-state index in [1.807, 2.05) is 6.92 Å². The number of allylic oxidation sites excluding steroid dienone is 1. The molecule has 0 aromatic carbocycles. The van der Waals surface area contributed by atoms with Gasteiger partial charge in [-0.1, -0.05) is 39.3 Å². The van der Waals surface area contributed by atoms with Crippen molar-refractivity contribution < 1.29 is 24.5 Å². The lowest BCUT2D eigenvalue weighted by Crippen LogP contribution is -2.70. The minimum atomic E-state index is -1.11. The number of carbonyl (C=O) groups is 1. The molecule has 2 saturated carbocycles. The van der Waals surface area contributed by atoms with E-state index >= 15 is 0 Å². The second kappa shape index (κ2) is 6.41. The summed E-state index contributed by atoms with van der Waals surface area (Å²) in [7, 11) is 0. The standard InChI is InChI=1S/C30H38O5/c1-14-8-7-9-18-12-29-22(25(32)27(14,18)5)16(3)24(34-29)23-21-17(4)26(33)35-30(21,29)13-19-20(31)11-10-15(2)28(19,23)6/h9,13-15,20,23-25,31-32H,7-8,10-12H2,1-6H3/t14-,15+,20+,23+,24-,25+,27+,28-,29+,30+/m1/s1. The molecule has 7 aliphatic rings. The Bertz CT molecular complexity index is 1200. The number of rotatable bonds is 0. The van der Waals surface area contributed by atoms with Gasteiger partial charge in [0.25, 0.3) is 0 Å². The highest BCUT2D eigenvalue weighted by Gasteiger charge is 2.79. The first-order valence-electron chi connectivity index (χ1n) is 13.6. The maximum atomic E-state index is 13.3. The van der Waals surface area contributed by atoms with Crippen molar-refractivity contribution in [3.63, 3.8) is 0 Å². The number of aliphatic hydroxyl groups excluding tert-OH is 2. The topological polar surface area (TPSA) is 76.0 Å². The van der Waals surface area contributed by atoms with Crippen molar-refractivity contribution in [2.45, 2.75) is 103 Å². The van der Waals surface area contributed by atoms with Gasteiger partial charge in [0.1, 0.15) is 5.60 Å². The average Bonchev–Trinajstić information content (AvgIpc) is 3.24. The summed E-state index contributed by atoms with van der Waals surface area (Å²) in [5.74, 6) is 0.274. The van der Waals surface area contributed by atoms with Crippen molar-refractivity contribution in [2.24, 2.45) is 28.6 Å². The molecule has 35 heavy (non-hydrogen) atoms. The van der Waals surface area contributed by atoms with Crippen LogP contribution in [0.2, 0.25) is 0 Å². The van der Waals surface area contributed by atoms with Crippen LogP contribution < -0.4 is 0 Å². The maximum Gasteiger partial charge on any atom is 0.335 e. The van der Waals surface area contributed by atoms with Gasteiger partial charge >= 0.3 is 5.97 Å². The lowest BCUT2D eigenvalue weighted by Gasteiger charge is -2.64. The normalized spacial score (nSPS) is 53.9. The Morgan fingerprint density at radius 2 is 1.71 bits per heavy atom. The molecule has 5 nitrogen and oxygen atoms in total. The molecule has 7 rings (SSSR count). The lowest BCUT2D eigenvalue weighted by molar-refractivity contribution is -0.215. The predicted molar refractivity (Wildman–Crippen MR) is 131 cm³/mol. The van der Waals surface area contributed by atoms with Crippen LogP contribution in [0.1, 0.15) is 73.6 Å². The summed E-state index contributed by atoms with van der Waals surface area (Å²) in [6, 6.07) is 0. The fourth-order valence-electron chi connectivity index (χ4n) is 9.65. The van der Waals surface area contributed by atoms with Gasteiger partial charge in [0.15, 0.2) is 5.60 Å². The van der Waals surface area contributed by atoms with Gasteiger partial charge in [-0.3, -0.25) is 0 Å². The van der Waals surface area contributed by atoms with Crippen LogP contribution in [-0.2, 0) is 14.3 Å². The number of aliphatic hydroxyl groups is 2. The monoisotopic (exact) mass is 478 g/mol. The van der Waals surface area contributed by atoms with Gasteiger partial charge in [0.05, 0.1) is 18.3 Å². The Morgan fingerprint density at radius 3 is 2.46 bits per heavy atom. The first-order chi connectivity index (χ1) is 16.4. The van der Waals surface area contributed by atoms with E-state index in [2.05, 4.69) is 46.8 Å². The van der Waals surface area contributed by atoms with Gasteiger partial charge in [0.2, 0.25) is 0 Å². The van der Waals surface area contributed by atoms with Gasteiger partial charge in [-0.2, -0.15) is 0 Å².